The normalized spacial score (nSPS) is 11.2. The summed E-state index contributed by atoms with van der Waals surface area (Å²) in [5, 5.41) is 8.00. The Balaban J connectivity index is 2.01. The van der Waals surface area contributed by atoms with Gasteiger partial charge in [-0.15, -0.1) is 0 Å². The molecule has 0 atom stereocenters. The Morgan fingerprint density at radius 2 is 1.85 bits per heavy atom. The molecule has 0 unspecified atom stereocenters. The second-order valence-corrected chi connectivity index (χ2v) is 4.79. The summed E-state index contributed by atoms with van der Waals surface area (Å²) in [7, 11) is 1.90. The molecule has 0 N–H and O–H groups in total. The molecule has 20 heavy (non-hydrogen) atoms. The summed E-state index contributed by atoms with van der Waals surface area (Å²) in [5.41, 5.74) is 2.86. The lowest BCUT2D eigenvalue weighted by atomic mass is 10.0. The van der Waals surface area contributed by atoms with Crippen LogP contribution in [0.25, 0.3) is 33.1 Å². The number of aryl methyl sites for hydroxylation is 1. The molecule has 96 valence electrons. The Morgan fingerprint density at radius 1 is 1.00 bits per heavy atom. The molecule has 0 fully saturated rings. The number of hydrogen-bond acceptors (Lipinski definition) is 3. The molecular formula is C16H12N4. The molecule has 0 radical (unpaired) electrons. The van der Waals surface area contributed by atoms with Crippen molar-refractivity contribution in [1.29, 1.82) is 0 Å². The van der Waals surface area contributed by atoms with Crippen molar-refractivity contribution >= 4 is 21.8 Å². The van der Waals surface area contributed by atoms with Crippen LogP contribution in [0.15, 0.2) is 55.0 Å². The number of benzene rings is 2. The van der Waals surface area contributed by atoms with Gasteiger partial charge in [0.2, 0.25) is 0 Å². The van der Waals surface area contributed by atoms with E-state index >= 15 is 0 Å². The SMILES string of the molecule is Cn1nc(-c2ccc3ccccc3c2)c2cncnc21. The van der Waals surface area contributed by atoms with Gasteiger partial charge < -0.3 is 0 Å². The molecule has 2 aromatic heterocycles. The van der Waals surface area contributed by atoms with Gasteiger partial charge in [-0.05, 0) is 16.8 Å². The highest BCUT2D eigenvalue weighted by Crippen LogP contribution is 2.28. The smallest absolute Gasteiger partial charge is 0.161 e. The Hall–Kier alpha value is -2.75. The lowest BCUT2D eigenvalue weighted by Crippen LogP contribution is -1.91. The monoisotopic (exact) mass is 260 g/mol. The molecule has 0 aliphatic heterocycles. The average molecular weight is 260 g/mol. The standard InChI is InChI=1S/C16H12N4/c1-20-16-14(9-17-10-18-16)15(19-20)13-7-6-11-4-2-3-5-12(11)8-13/h2-10H,1H3. The van der Waals surface area contributed by atoms with Crippen LogP contribution in [0, 0.1) is 0 Å². The molecule has 0 saturated carbocycles. The van der Waals surface area contributed by atoms with Gasteiger partial charge in [-0.2, -0.15) is 5.10 Å². The molecule has 0 amide bonds. The lowest BCUT2D eigenvalue weighted by Gasteiger charge is -2.01. The van der Waals surface area contributed by atoms with E-state index in [1.807, 2.05) is 25.4 Å². The first-order valence-corrected chi connectivity index (χ1v) is 6.45. The molecule has 4 rings (SSSR count). The zero-order valence-electron chi connectivity index (χ0n) is 11.0. The van der Waals surface area contributed by atoms with Crippen LogP contribution in [0.3, 0.4) is 0 Å². The molecule has 4 aromatic rings. The van der Waals surface area contributed by atoms with E-state index in [9.17, 15) is 0 Å². The van der Waals surface area contributed by atoms with Gasteiger partial charge in [0.1, 0.15) is 12.0 Å². The third kappa shape index (κ3) is 1.58. The van der Waals surface area contributed by atoms with Crippen molar-refractivity contribution in [2.24, 2.45) is 7.05 Å². The van der Waals surface area contributed by atoms with Gasteiger partial charge in [0, 0.05) is 18.8 Å². The Bertz CT molecular complexity index is 924. The molecule has 4 heteroatoms. The minimum atomic E-state index is 0.850. The minimum absolute atomic E-state index is 0.850. The predicted molar refractivity (Wildman–Crippen MR) is 79.2 cm³/mol. The van der Waals surface area contributed by atoms with Crippen LogP contribution in [0.4, 0.5) is 0 Å². The van der Waals surface area contributed by atoms with Crippen molar-refractivity contribution in [1.82, 2.24) is 19.7 Å². The van der Waals surface area contributed by atoms with Crippen molar-refractivity contribution in [2.75, 3.05) is 0 Å². The molecule has 2 heterocycles. The molecule has 2 aromatic carbocycles. The quantitative estimate of drug-likeness (QED) is 0.528. The van der Waals surface area contributed by atoms with Gasteiger partial charge in [-0.3, -0.25) is 0 Å². The van der Waals surface area contributed by atoms with E-state index < -0.39 is 0 Å². The molecule has 0 aliphatic rings. The maximum Gasteiger partial charge on any atom is 0.161 e. The number of nitrogens with zero attached hydrogens (tertiary/aromatic N) is 4. The number of fused-ring (bicyclic) bond motifs is 2. The summed E-state index contributed by atoms with van der Waals surface area (Å²) in [5.74, 6) is 0. The lowest BCUT2D eigenvalue weighted by molar-refractivity contribution is 0.788. The summed E-state index contributed by atoms with van der Waals surface area (Å²) < 4.78 is 1.79. The maximum absolute atomic E-state index is 4.58. The fourth-order valence-electron chi connectivity index (χ4n) is 2.55. The topological polar surface area (TPSA) is 43.6 Å². The van der Waals surface area contributed by atoms with E-state index in [4.69, 9.17) is 0 Å². The van der Waals surface area contributed by atoms with E-state index in [0.717, 1.165) is 22.3 Å². The van der Waals surface area contributed by atoms with Crippen molar-refractivity contribution in [3.63, 3.8) is 0 Å². The van der Waals surface area contributed by atoms with Crippen molar-refractivity contribution < 1.29 is 0 Å². The van der Waals surface area contributed by atoms with Gasteiger partial charge in [-0.1, -0.05) is 36.4 Å². The van der Waals surface area contributed by atoms with Crippen molar-refractivity contribution in [2.45, 2.75) is 0 Å². The van der Waals surface area contributed by atoms with Gasteiger partial charge in [0.05, 0.1) is 5.39 Å². The highest BCUT2D eigenvalue weighted by atomic mass is 15.3. The number of rotatable bonds is 1. The molecule has 0 aliphatic carbocycles. The Morgan fingerprint density at radius 3 is 2.75 bits per heavy atom. The van der Waals surface area contributed by atoms with E-state index in [2.05, 4.69) is 45.4 Å². The molecule has 4 nitrogen and oxygen atoms in total. The van der Waals surface area contributed by atoms with E-state index in [-0.39, 0.29) is 0 Å². The minimum Gasteiger partial charge on any atom is -0.250 e. The number of hydrogen-bond donors (Lipinski definition) is 0. The van der Waals surface area contributed by atoms with Crippen LogP contribution in [0.5, 0.6) is 0 Å². The summed E-state index contributed by atoms with van der Waals surface area (Å²) >= 11 is 0. The fraction of sp³-hybridized carbons (Fsp3) is 0.0625. The molecular weight excluding hydrogens is 248 g/mol. The molecule has 0 bridgehead atoms. The summed E-state index contributed by atoms with van der Waals surface area (Å²) in [6.45, 7) is 0. The Labute approximate surface area is 115 Å². The van der Waals surface area contributed by atoms with Gasteiger partial charge >= 0.3 is 0 Å². The average Bonchev–Trinajstić information content (AvgIpc) is 2.85. The maximum atomic E-state index is 4.58. The second kappa shape index (κ2) is 4.13. The summed E-state index contributed by atoms with van der Waals surface area (Å²) in [4.78, 5) is 8.39. The number of aromatic nitrogens is 4. The second-order valence-electron chi connectivity index (χ2n) is 4.79. The first-order valence-electron chi connectivity index (χ1n) is 6.45. The van der Waals surface area contributed by atoms with Crippen LogP contribution in [0.1, 0.15) is 0 Å². The van der Waals surface area contributed by atoms with Gasteiger partial charge in [-0.25, -0.2) is 14.6 Å². The van der Waals surface area contributed by atoms with Crippen LogP contribution in [-0.2, 0) is 7.05 Å². The van der Waals surface area contributed by atoms with E-state index in [1.165, 1.54) is 10.8 Å². The van der Waals surface area contributed by atoms with Crippen molar-refractivity contribution in [3.8, 4) is 11.3 Å². The Kier molecular flexibility index (Phi) is 2.29. The summed E-state index contributed by atoms with van der Waals surface area (Å²) in [6, 6.07) is 14.7. The van der Waals surface area contributed by atoms with Gasteiger partial charge in [0.15, 0.2) is 5.65 Å². The van der Waals surface area contributed by atoms with E-state index in [0.29, 0.717) is 0 Å². The zero-order chi connectivity index (χ0) is 13.5. The third-order valence-corrected chi connectivity index (χ3v) is 3.53. The predicted octanol–water partition coefficient (Wildman–Crippen LogP) is 3.18. The van der Waals surface area contributed by atoms with Crippen LogP contribution in [-0.4, -0.2) is 19.7 Å². The highest BCUT2D eigenvalue weighted by Gasteiger charge is 2.11. The summed E-state index contributed by atoms with van der Waals surface area (Å²) in [6.07, 6.45) is 3.37. The highest BCUT2D eigenvalue weighted by molar-refractivity contribution is 5.94. The first-order chi connectivity index (χ1) is 9.83. The van der Waals surface area contributed by atoms with Crippen LogP contribution >= 0.6 is 0 Å². The largest absolute Gasteiger partial charge is 0.250 e. The first kappa shape index (κ1) is 11.1. The third-order valence-electron chi connectivity index (χ3n) is 3.53. The van der Waals surface area contributed by atoms with Crippen LogP contribution < -0.4 is 0 Å². The molecule has 0 saturated heterocycles. The molecule has 0 spiro atoms. The van der Waals surface area contributed by atoms with Crippen molar-refractivity contribution in [3.05, 3.63) is 55.0 Å². The van der Waals surface area contributed by atoms with Crippen LogP contribution in [0.2, 0.25) is 0 Å². The zero-order valence-corrected chi connectivity index (χ0v) is 11.0. The van der Waals surface area contributed by atoms with E-state index in [1.54, 1.807) is 11.0 Å². The van der Waals surface area contributed by atoms with Gasteiger partial charge in [0.25, 0.3) is 0 Å². The fourth-order valence-corrected chi connectivity index (χ4v) is 2.55.